The van der Waals surface area contributed by atoms with Crippen LogP contribution in [0.15, 0.2) is 18.2 Å². The summed E-state index contributed by atoms with van der Waals surface area (Å²) in [5.41, 5.74) is 6.09. The fraction of sp³-hybridized carbons (Fsp3) is 0.125. The molecule has 1 aromatic carbocycles. The van der Waals surface area contributed by atoms with Crippen molar-refractivity contribution in [1.82, 2.24) is 20.6 Å². The molecule has 0 fully saturated rings. The van der Waals surface area contributed by atoms with E-state index in [9.17, 15) is 8.78 Å². The Bertz CT molecular complexity index is 456. The molecule has 0 saturated heterocycles. The van der Waals surface area contributed by atoms with Crippen molar-refractivity contribution in [2.75, 3.05) is 0 Å². The maximum atomic E-state index is 12.9. The zero-order valence-electron chi connectivity index (χ0n) is 7.48. The number of nitrogens with two attached hydrogens (primary N) is 1. The third kappa shape index (κ3) is 1.82. The molecule has 0 spiro atoms. The molecule has 0 aliphatic heterocycles. The number of tetrazole rings is 1. The minimum absolute atomic E-state index is 0.223. The van der Waals surface area contributed by atoms with Gasteiger partial charge in [0.25, 0.3) is 0 Å². The Morgan fingerprint density at radius 1 is 1.27 bits per heavy atom. The van der Waals surface area contributed by atoms with Gasteiger partial charge in [-0.2, -0.15) is 5.21 Å². The van der Waals surface area contributed by atoms with Gasteiger partial charge in [0.2, 0.25) is 0 Å². The van der Waals surface area contributed by atoms with Gasteiger partial charge in [-0.15, -0.1) is 10.2 Å². The number of hydrogen-bond donors (Lipinski definition) is 2. The Morgan fingerprint density at radius 3 is 2.67 bits per heavy atom. The van der Waals surface area contributed by atoms with Crippen LogP contribution in [0.4, 0.5) is 8.78 Å². The lowest BCUT2D eigenvalue weighted by atomic mass is 10.1. The fourth-order valence-electron chi connectivity index (χ4n) is 1.16. The zero-order valence-corrected chi connectivity index (χ0v) is 7.48. The lowest BCUT2D eigenvalue weighted by Gasteiger charge is -2.07. The number of hydrogen-bond acceptors (Lipinski definition) is 4. The van der Waals surface area contributed by atoms with Gasteiger partial charge in [-0.25, -0.2) is 8.78 Å². The highest BCUT2D eigenvalue weighted by Gasteiger charge is 2.15. The molecule has 0 amide bonds. The summed E-state index contributed by atoms with van der Waals surface area (Å²) in [4.78, 5) is 0. The highest BCUT2D eigenvalue weighted by Crippen LogP contribution is 2.17. The summed E-state index contributed by atoms with van der Waals surface area (Å²) in [7, 11) is 0. The van der Waals surface area contributed by atoms with Crippen LogP contribution < -0.4 is 5.73 Å². The molecule has 0 aliphatic carbocycles. The molecular weight excluding hydrogens is 204 g/mol. The summed E-state index contributed by atoms with van der Waals surface area (Å²) < 4.78 is 25.5. The van der Waals surface area contributed by atoms with E-state index in [0.29, 0.717) is 5.56 Å². The molecule has 7 heteroatoms. The summed E-state index contributed by atoms with van der Waals surface area (Å²) in [6.45, 7) is 0. The van der Waals surface area contributed by atoms with Crippen molar-refractivity contribution in [2.24, 2.45) is 5.73 Å². The number of nitrogens with zero attached hydrogens (tertiary/aromatic N) is 3. The molecule has 78 valence electrons. The lowest BCUT2D eigenvalue weighted by molar-refractivity contribution is 0.506. The third-order valence-electron chi connectivity index (χ3n) is 1.94. The number of halogens is 2. The van der Waals surface area contributed by atoms with Crippen LogP contribution in [0.1, 0.15) is 17.4 Å². The van der Waals surface area contributed by atoms with Crippen LogP contribution in [0.3, 0.4) is 0 Å². The van der Waals surface area contributed by atoms with Gasteiger partial charge < -0.3 is 5.73 Å². The van der Waals surface area contributed by atoms with Gasteiger partial charge >= 0.3 is 0 Å². The first kappa shape index (κ1) is 9.66. The minimum Gasteiger partial charge on any atom is -0.318 e. The van der Waals surface area contributed by atoms with E-state index in [1.165, 1.54) is 6.07 Å². The summed E-state index contributed by atoms with van der Waals surface area (Å²) in [5, 5.41) is 12.9. The van der Waals surface area contributed by atoms with Gasteiger partial charge in [-0.1, -0.05) is 11.3 Å². The fourth-order valence-corrected chi connectivity index (χ4v) is 1.16. The Balaban J connectivity index is 2.34. The largest absolute Gasteiger partial charge is 0.318 e. The quantitative estimate of drug-likeness (QED) is 0.759. The number of rotatable bonds is 2. The number of H-pyrrole nitrogens is 1. The Hall–Kier alpha value is -1.89. The van der Waals surface area contributed by atoms with Crippen molar-refractivity contribution < 1.29 is 8.78 Å². The van der Waals surface area contributed by atoms with Crippen molar-refractivity contribution in [3.8, 4) is 0 Å². The molecule has 1 aromatic heterocycles. The summed E-state index contributed by atoms with van der Waals surface area (Å²) in [5.74, 6) is -1.65. The van der Waals surface area contributed by atoms with Gasteiger partial charge in [0.15, 0.2) is 17.5 Å². The number of aromatic nitrogens is 4. The summed E-state index contributed by atoms with van der Waals surface area (Å²) in [6.07, 6.45) is 0. The molecule has 5 nitrogen and oxygen atoms in total. The lowest BCUT2D eigenvalue weighted by Crippen LogP contribution is -2.14. The molecule has 0 radical (unpaired) electrons. The molecule has 15 heavy (non-hydrogen) atoms. The molecule has 0 aliphatic rings. The normalized spacial score (nSPS) is 12.7. The average Bonchev–Trinajstić information content (AvgIpc) is 2.74. The molecule has 3 N–H and O–H groups in total. The first-order chi connectivity index (χ1) is 7.18. The molecule has 1 heterocycles. The van der Waals surface area contributed by atoms with Crippen molar-refractivity contribution in [3.63, 3.8) is 0 Å². The van der Waals surface area contributed by atoms with E-state index in [2.05, 4.69) is 20.6 Å². The van der Waals surface area contributed by atoms with E-state index in [-0.39, 0.29) is 5.82 Å². The molecule has 0 saturated carbocycles. The van der Waals surface area contributed by atoms with E-state index >= 15 is 0 Å². The number of nitrogens with one attached hydrogen (secondary N) is 1. The molecule has 2 rings (SSSR count). The first-order valence-corrected chi connectivity index (χ1v) is 4.12. The minimum atomic E-state index is -0.952. The molecule has 2 aromatic rings. The molecular formula is C8H7F2N5. The second kappa shape index (κ2) is 3.70. The Labute approximate surface area is 83.3 Å². The van der Waals surface area contributed by atoms with Crippen LogP contribution in [0.5, 0.6) is 0 Å². The van der Waals surface area contributed by atoms with Gasteiger partial charge in [-0.3, -0.25) is 0 Å². The van der Waals surface area contributed by atoms with Crippen molar-refractivity contribution in [1.29, 1.82) is 0 Å². The standard InChI is InChI=1S/C8H7F2N5/c9-5-2-1-4(3-6(5)10)7(11)8-12-14-15-13-8/h1-3,7H,11H2,(H,12,13,14,15). The Kier molecular flexibility index (Phi) is 2.38. The van der Waals surface area contributed by atoms with Crippen LogP contribution in [0.25, 0.3) is 0 Å². The second-order valence-electron chi connectivity index (χ2n) is 2.92. The van der Waals surface area contributed by atoms with E-state index < -0.39 is 17.7 Å². The van der Waals surface area contributed by atoms with Crippen LogP contribution in [0, 0.1) is 11.6 Å². The maximum Gasteiger partial charge on any atom is 0.195 e. The topological polar surface area (TPSA) is 80.5 Å². The predicted molar refractivity (Wildman–Crippen MR) is 46.6 cm³/mol. The predicted octanol–water partition coefficient (Wildman–Crippen LogP) is 0.526. The van der Waals surface area contributed by atoms with Crippen molar-refractivity contribution in [3.05, 3.63) is 41.2 Å². The van der Waals surface area contributed by atoms with Crippen molar-refractivity contribution >= 4 is 0 Å². The van der Waals surface area contributed by atoms with E-state index in [4.69, 9.17) is 5.73 Å². The van der Waals surface area contributed by atoms with Crippen LogP contribution in [-0.2, 0) is 0 Å². The summed E-state index contributed by atoms with van der Waals surface area (Å²) >= 11 is 0. The highest BCUT2D eigenvalue weighted by atomic mass is 19.2. The van der Waals surface area contributed by atoms with Gasteiger partial charge in [-0.05, 0) is 17.7 Å². The van der Waals surface area contributed by atoms with Crippen LogP contribution in [0.2, 0.25) is 0 Å². The average molecular weight is 211 g/mol. The summed E-state index contributed by atoms with van der Waals surface area (Å²) in [6, 6.07) is 2.67. The maximum absolute atomic E-state index is 12.9. The van der Waals surface area contributed by atoms with Gasteiger partial charge in [0.1, 0.15) is 0 Å². The SMILES string of the molecule is NC(c1ccc(F)c(F)c1)c1nn[nH]n1. The monoisotopic (exact) mass is 211 g/mol. The third-order valence-corrected chi connectivity index (χ3v) is 1.94. The van der Waals surface area contributed by atoms with Gasteiger partial charge in [0.05, 0.1) is 6.04 Å². The smallest absolute Gasteiger partial charge is 0.195 e. The molecule has 0 bridgehead atoms. The van der Waals surface area contributed by atoms with Crippen molar-refractivity contribution in [2.45, 2.75) is 6.04 Å². The van der Waals surface area contributed by atoms with E-state index in [0.717, 1.165) is 12.1 Å². The zero-order chi connectivity index (χ0) is 10.8. The second-order valence-corrected chi connectivity index (χ2v) is 2.92. The molecule has 1 atom stereocenters. The van der Waals surface area contributed by atoms with E-state index in [1.807, 2.05) is 0 Å². The number of benzene rings is 1. The number of aromatic amines is 1. The van der Waals surface area contributed by atoms with Gasteiger partial charge in [0, 0.05) is 0 Å². The van der Waals surface area contributed by atoms with Crippen LogP contribution in [-0.4, -0.2) is 20.6 Å². The highest BCUT2D eigenvalue weighted by molar-refractivity contribution is 5.24. The first-order valence-electron chi connectivity index (χ1n) is 4.12. The van der Waals surface area contributed by atoms with E-state index in [1.54, 1.807) is 0 Å². The van der Waals surface area contributed by atoms with Crippen LogP contribution >= 0.6 is 0 Å². The Morgan fingerprint density at radius 2 is 2.07 bits per heavy atom. The molecule has 1 unspecified atom stereocenters.